The first-order valence-electron chi connectivity index (χ1n) is 10.8. The Kier molecular flexibility index (Phi) is 7.55. The van der Waals surface area contributed by atoms with Gasteiger partial charge in [-0.15, -0.1) is 0 Å². The van der Waals surface area contributed by atoms with E-state index in [0.717, 1.165) is 24.0 Å². The summed E-state index contributed by atoms with van der Waals surface area (Å²) in [7, 11) is 2.22. The van der Waals surface area contributed by atoms with E-state index in [1.165, 1.54) is 43.4 Å². The number of nitrogens with zero attached hydrogens (tertiary/aromatic N) is 3. The molecule has 1 aliphatic carbocycles. The Morgan fingerprint density at radius 1 is 1.14 bits per heavy atom. The van der Waals surface area contributed by atoms with Crippen LogP contribution in [-0.2, 0) is 13.1 Å². The van der Waals surface area contributed by atoms with Crippen LogP contribution in [0.3, 0.4) is 0 Å². The van der Waals surface area contributed by atoms with Gasteiger partial charge >= 0.3 is 0 Å². The van der Waals surface area contributed by atoms with Gasteiger partial charge in [0, 0.05) is 25.3 Å². The van der Waals surface area contributed by atoms with Crippen molar-refractivity contribution >= 4 is 11.6 Å². The number of hydrogen-bond acceptors (Lipinski definition) is 4. The van der Waals surface area contributed by atoms with Crippen molar-refractivity contribution in [2.24, 2.45) is 4.99 Å². The molecule has 2 aromatic rings. The Morgan fingerprint density at radius 2 is 1.86 bits per heavy atom. The Labute approximate surface area is 174 Å². The summed E-state index contributed by atoms with van der Waals surface area (Å²) in [5.41, 5.74) is 3.43. The first-order chi connectivity index (χ1) is 14.1. The smallest absolute Gasteiger partial charge is 0.214 e. The van der Waals surface area contributed by atoms with Gasteiger partial charge in [0.05, 0.1) is 18.8 Å². The molecule has 1 aliphatic rings. The summed E-state index contributed by atoms with van der Waals surface area (Å²) in [6.07, 6.45) is 6.72. The van der Waals surface area contributed by atoms with Gasteiger partial charge in [0.2, 0.25) is 5.89 Å². The Hall–Kier alpha value is -2.50. The third-order valence-electron chi connectivity index (χ3n) is 5.71. The molecule has 1 saturated carbocycles. The Bertz CT molecular complexity index is 771. The normalized spacial score (nSPS) is 15.4. The van der Waals surface area contributed by atoms with Gasteiger partial charge in [-0.3, -0.25) is 0 Å². The highest BCUT2D eigenvalue weighted by Gasteiger charge is 2.18. The van der Waals surface area contributed by atoms with Crippen LogP contribution in [0.25, 0.3) is 0 Å². The molecule has 0 aliphatic heterocycles. The minimum Gasteiger partial charge on any atom is -0.444 e. The van der Waals surface area contributed by atoms with Gasteiger partial charge in [0.1, 0.15) is 5.76 Å². The summed E-state index contributed by atoms with van der Waals surface area (Å²) in [5.74, 6) is 2.31. The number of benzene rings is 1. The molecule has 3 rings (SSSR count). The number of guanidine groups is 1. The lowest BCUT2D eigenvalue weighted by molar-refractivity contribution is 0.427. The van der Waals surface area contributed by atoms with Crippen molar-refractivity contribution in [3.8, 4) is 0 Å². The lowest BCUT2D eigenvalue weighted by atomic mass is 9.94. The van der Waals surface area contributed by atoms with E-state index in [4.69, 9.17) is 9.41 Å². The number of aromatic nitrogens is 1. The van der Waals surface area contributed by atoms with Gasteiger partial charge in [-0.2, -0.15) is 0 Å². The zero-order valence-electron chi connectivity index (χ0n) is 18.3. The maximum atomic E-state index is 5.63. The molecule has 1 heterocycles. The molecule has 1 fully saturated rings. The molecule has 29 heavy (non-hydrogen) atoms. The molecule has 6 heteroatoms. The summed E-state index contributed by atoms with van der Waals surface area (Å²) < 4.78 is 5.63. The predicted molar refractivity (Wildman–Crippen MR) is 119 cm³/mol. The molecule has 2 N–H and O–H groups in total. The van der Waals surface area contributed by atoms with Crippen molar-refractivity contribution in [3.63, 3.8) is 0 Å². The van der Waals surface area contributed by atoms with Crippen LogP contribution in [0.5, 0.6) is 0 Å². The summed E-state index contributed by atoms with van der Waals surface area (Å²) >= 11 is 0. The number of rotatable bonds is 7. The lowest BCUT2D eigenvalue weighted by Gasteiger charge is -2.33. The van der Waals surface area contributed by atoms with Gasteiger partial charge in [-0.1, -0.05) is 31.4 Å². The molecule has 0 spiro atoms. The van der Waals surface area contributed by atoms with Crippen molar-refractivity contribution in [2.75, 3.05) is 18.5 Å². The molecule has 1 aromatic heterocycles. The van der Waals surface area contributed by atoms with E-state index in [1.807, 2.05) is 13.8 Å². The average Bonchev–Trinajstić information content (AvgIpc) is 3.08. The third kappa shape index (κ3) is 5.99. The molecule has 0 amide bonds. The van der Waals surface area contributed by atoms with Crippen LogP contribution >= 0.6 is 0 Å². The second-order valence-corrected chi connectivity index (χ2v) is 7.87. The topological polar surface area (TPSA) is 65.7 Å². The molecule has 0 atom stereocenters. The van der Waals surface area contributed by atoms with Gasteiger partial charge in [0.25, 0.3) is 0 Å². The molecule has 0 saturated heterocycles. The van der Waals surface area contributed by atoms with E-state index >= 15 is 0 Å². The number of aliphatic imine (C=N–C) groups is 1. The third-order valence-corrected chi connectivity index (χ3v) is 5.71. The Balaban J connectivity index is 1.56. The second kappa shape index (κ2) is 10.3. The van der Waals surface area contributed by atoms with Gasteiger partial charge < -0.3 is 20.0 Å². The van der Waals surface area contributed by atoms with Crippen LogP contribution in [0.4, 0.5) is 5.69 Å². The fraction of sp³-hybridized carbons (Fsp3) is 0.565. The van der Waals surface area contributed by atoms with E-state index in [2.05, 4.69) is 58.8 Å². The largest absolute Gasteiger partial charge is 0.444 e. The van der Waals surface area contributed by atoms with Crippen molar-refractivity contribution in [1.82, 2.24) is 15.6 Å². The van der Waals surface area contributed by atoms with Crippen LogP contribution in [0.2, 0.25) is 0 Å². The van der Waals surface area contributed by atoms with Crippen molar-refractivity contribution < 1.29 is 4.42 Å². The monoisotopic (exact) mass is 397 g/mol. The van der Waals surface area contributed by atoms with E-state index in [1.54, 1.807) is 0 Å². The molecule has 0 radical (unpaired) electrons. The molecule has 1 aromatic carbocycles. The van der Waals surface area contributed by atoms with Crippen molar-refractivity contribution in [2.45, 2.75) is 72.0 Å². The Morgan fingerprint density at radius 3 is 2.48 bits per heavy atom. The fourth-order valence-electron chi connectivity index (χ4n) is 3.80. The molecular formula is C23H35N5O. The summed E-state index contributed by atoms with van der Waals surface area (Å²) in [4.78, 5) is 11.6. The minimum atomic E-state index is 0.519. The summed E-state index contributed by atoms with van der Waals surface area (Å²) in [5, 5.41) is 6.57. The predicted octanol–water partition coefficient (Wildman–Crippen LogP) is 4.32. The highest BCUT2D eigenvalue weighted by atomic mass is 16.4. The van der Waals surface area contributed by atoms with E-state index < -0.39 is 0 Å². The van der Waals surface area contributed by atoms with E-state index in [-0.39, 0.29) is 0 Å². The zero-order valence-corrected chi connectivity index (χ0v) is 18.3. The van der Waals surface area contributed by atoms with Crippen LogP contribution in [-0.4, -0.2) is 30.6 Å². The zero-order chi connectivity index (χ0) is 20.6. The number of aryl methyl sites for hydroxylation is 2. The minimum absolute atomic E-state index is 0.519. The van der Waals surface area contributed by atoms with Crippen molar-refractivity contribution in [1.29, 1.82) is 0 Å². The van der Waals surface area contributed by atoms with Gasteiger partial charge in [-0.05, 0) is 51.3 Å². The lowest BCUT2D eigenvalue weighted by Crippen LogP contribution is -2.36. The summed E-state index contributed by atoms with van der Waals surface area (Å²) in [6.45, 7) is 7.91. The molecule has 158 valence electrons. The number of hydrogen-bond donors (Lipinski definition) is 2. The van der Waals surface area contributed by atoms with Crippen LogP contribution in [0.15, 0.2) is 33.7 Å². The van der Waals surface area contributed by atoms with Gasteiger partial charge in [0.15, 0.2) is 5.96 Å². The van der Waals surface area contributed by atoms with Crippen LogP contribution in [0.1, 0.15) is 61.9 Å². The molecular weight excluding hydrogens is 362 g/mol. The van der Waals surface area contributed by atoms with Crippen LogP contribution < -0.4 is 15.5 Å². The van der Waals surface area contributed by atoms with Crippen molar-refractivity contribution in [3.05, 3.63) is 47.2 Å². The first-order valence-corrected chi connectivity index (χ1v) is 10.8. The highest BCUT2D eigenvalue weighted by Crippen LogP contribution is 2.26. The molecule has 6 nitrogen and oxygen atoms in total. The highest BCUT2D eigenvalue weighted by molar-refractivity contribution is 5.79. The summed E-state index contributed by atoms with van der Waals surface area (Å²) in [6, 6.07) is 9.49. The maximum Gasteiger partial charge on any atom is 0.214 e. The first kappa shape index (κ1) is 21.2. The van der Waals surface area contributed by atoms with E-state index in [0.29, 0.717) is 25.0 Å². The standard InChI is InChI=1S/C23H35N5O/c1-5-24-23(26-16-22-27-17(2)18(3)29-22)25-15-19-11-13-21(14-12-19)28(4)20-9-7-6-8-10-20/h11-14,20H,5-10,15-16H2,1-4H3,(H2,24,25,26). The quantitative estimate of drug-likeness (QED) is 0.538. The maximum absolute atomic E-state index is 5.63. The number of anilines is 1. The SMILES string of the molecule is CCNC(=NCc1ccc(N(C)C2CCCCC2)cc1)NCc1nc(C)c(C)o1. The fourth-order valence-corrected chi connectivity index (χ4v) is 3.80. The molecule has 0 bridgehead atoms. The molecule has 0 unspecified atom stereocenters. The number of oxazole rings is 1. The second-order valence-electron chi connectivity index (χ2n) is 7.87. The van der Waals surface area contributed by atoms with Crippen LogP contribution in [0, 0.1) is 13.8 Å². The number of nitrogens with one attached hydrogen (secondary N) is 2. The van der Waals surface area contributed by atoms with E-state index in [9.17, 15) is 0 Å². The van der Waals surface area contributed by atoms with Gasteiger partial charge in [-0.25, -0.2) is 9.98 Å². The average molecular weight is 398 g/mol.